The number of nitrogens with two attached hydrogens (primary N) is 1. The Morgan fingerprint density at radius 3 is 2.42 bits per heavy atom. The fourth-order valence-electron chi connectivity index (χ4n) is 1.13. The molecule has 0 heterocycles. The van der Waals surface area contributed by atoms with E-state index in [1.54, 1.807) is 6.92 Å². The van der Waals surface area contributed by atoms with Gasteiger partial charge in [-0.25, -0.2) is 0 Å². The smallest absolute Gasteiger partial charge is 0.237 e. The number of hydrogen-bond acceptors (Lipinski definition) is 2. The summed E-state index contributed by atoms with van der Waals surface area (Å²) in [7, 11) is 0. The third-order valence-electron chi connectivity index (χ3n) is 1.75. The lowest BCUT2D eigenvalue weighted by atomic mass is 9.98. The predicted octanol–water partition coefficient (Wildman–Crippen LogP) is 1.03. The summed E-state index contributed by atoms with van der Waals surface area (Å²) in [5.74, 6) is -0.0755. The summed E-state index contributed by atoms with van der Waals surface area (Å²) in [6, 6.07) is -0.416. The molecule has 72 valence electrons. The second kappa shape index (κ2) is 4.45. The second-order valence-corrected chi connectivity index (χ2v) is 3.91. The maximum absolute atomic E-state index is 11.2. The van der Waals surface area contributed by atoms with Gasteiger partial charge in [-0.05, 0) is 27.2 Å². The van der Waals surface area contributed by atoms with Gasteiger partial charge in [0.2, 0.25) is 5.91 Å². The van der Waals surface area contributed by atoms with Gasteiger partial charge in [0.05, 0.1) is 6.04 Å². The molecule has 1 atom stereocenters. The van der Waals surface area contributed by atoms with Gasteiger partial charge in [0.1, 0.15) is 0 Å². The zero-order valence-electron chi connectivity index (χ0n) is 8.48. The van der Waals surface area contributed by atoms with E-state index in [0.29, 0.717) is 0 Å². The minimum absolute atomic E-state index is 0.0755. The molecule has 12 heavy (non-hydrogen) atoms. The molecule has 3 N–H and O–H groups in total. The van der Waals surface area contributed by atoms with Crippen molar-refractivity contribution >= 4 is 5.91 Å². The monoisotopic (exact) mass is 172 g/mol. The molecule has 0 fully saturated rings. The normalized spacial score (nSPS) is 14.1. The van der Waals surface area contributed by atoms with E-state index < -0.39 is 6.04 Å². The summed E-state index contributed by atoms with van der Waals surface area (Å²) >= 11 is 0. The summed E-state index contributed by atoms with van der Waals surface area (Å²) in [5, 5.41) is 2.89. The van der Waals surface area contributed by atoms with Crippen LogP contribution in [0.1, 0.15) is 40.5 Å². The van der Waals surface area contributed by atoms with Crippen molar-refractivity contribution in [2.24, 2.45) is 5.73 Å². The number of nitrogens with one attached hydrogen (secondary N) is 1. The zero-order chi connectivity index (χ0) is 9.78. The second-order valence-electron chi connectivity index (χ2n) is 3.91. The molecule has 1 amide bonds. The van der Waals surface area contributed by atoms with Crippen LogP contribution in [0.15, 0.2) is 0 Å². The van der Waals surface area contributed by atoms with E-state index in [1.807, 2.05) is 13.8 Å². The third-order valence-corrected chi connectivity index (χ3v) is 1.75. The molecule has 0 aliphatic carbocycles. The zero-order valence-corrected chi connectivity index (χ0v) is 8.48. The first-order valence-electron chi connectivity index (χ1n) is 4.46. The Morgan fingerprint density at radius 2 is 2.08 bits per heavy atom. The predicted molar refractivity (Wildman–Crippen MR) is 50.8 cm³/mol. The summed E-state index contributed by atoms with van der Waals surface area (Å²) in [6.45, 7) is 7.81. The Hall–Kier alpha value is -0.570. The lowest BCUT2D eigenvalue weighted by molar-refractivity contribution is -0.123. The van der Waals surface area contributed by atoms with Gasteiger partial charge in [0.15, 0.2) is 0 Å². The van der Waals surface area contributed by atoms with Gasteiger partial charge in [-0.3, -0.25) is 4.79 Å². The quantitative estimate of drug-likeness (QED) is 0.665. The van der Waals surface area contributed by atoms with Gasteiger partial charge >= 0.3 is 0 Å². The molecule has 0 radical (unpaired) electrons. The SMILES string of the molecule is CCCC(C)(C)NC(=O)C(C)N. The van der Waals surface area contributed by atoms with Crippen molar-refractivity contribution in [1.29, 1.82) is 0 Å². The lowest BCUT2D eigenvalue weighted by Crippen LogP contribution is -2.49. The maximum atomic E-state index is 11.2. The summed E-state index contributed by atoms with van der Waals surface area (Å²) in [6.07, 6.45) is 2.04. The molecular formula is C9H20N2O. The fraction of sp³-hybridized carbons (Fsp3) is 0.889. The van der Waals surface area contributed by atoms with E-state index in [4.69, 9.17) is 5.73 Å². The van der Waals surface area contributed by atoms with Crippen LogP contribution in [-0.2, 0) is 4.79 Å². The van der Waals surface area contributed by atoms with E-state index >= 15 is 0 Å². The molecule has 0 aromatic rings. The van der Waals surface area contributed by atoms with Crippen molar-refractivity contribution in [1.82, 2.24) is 5.32 Å². The van der Waals surface area contributed by atoms with Gasteiger partial charge in [-0.1, -0.05) is 13.3 Å². The van der Waals surface area contributed by atoms with Gasteiger partial charge in [0, 0.05) is 5.54 Å². The number of rotatable bonds is 4. The number of carbonyl (C=O) groups is 1. The van der Waals surface area contributed by atoms with Gasteiger partial charge < -0.3 is 11.1 Å². The topological polar surface area (TPSA) is 55.1 Å². The summed E-state index contributed by atoms with van der Waals surface area (Å²) < 4.78 is 0. The molecule has 0 aliphatic heterocycles. The molecule has 0 saturated heterocycles. The maximum Gasteiger partial charge on any atom is 0.237 e. The van der Waals surface area contributed by atoms with E-state index in [0.717, 1.165) is 12.8 Å². The Morgan fingerprint density at radius 1 is 1.58 bits per heavy atom. The Kier molecular flexibility index (Phi) is 4.24. The van der Waals surface area contributed by atoms with Gasteiger partial charge in [0.25, 0.3) is 0 Å². The van der Waals surface area contributed by atoms with Crippen molar-refractivity contribution < 1.29 is 4.79 Å². The van der Waals surface area contributed by atoms with E-state index in [1.165, 1.54) is 0 Å². The molecule has 0 bridgehead atoms. The van der Waals surface area contributed by atoms with Crippen LogP contribution in [0, 0.1) is 0 Å². The molecule has 0 aliphatic rings. The number of carbonyl (C=O) groups excluding carboxylic acids is 1. The largest absolute Gasteiger partial charge is 0.350 e. The average molecular weight is 172 g/mol. The Bertz CT molecular complexity index is 153. The van der Waals surface area contributed by atoms with Crippen molar-refractivity contribution in [2.75, 3.05) is 0 Å². The first-order valence-corrected chi connectivity index (χ1v) is 4.46. The molecule has 1 unspecified atom stereocenters. The highest BCUT2D eigenvalue weighted by Crippen LogP contribution is 2.10. The first kappa shape index (κ1) is 11.4. The van der Waals surface area contributed by atoms with Crippen molar-refractivity contribution in [3.63, 3.8) is 0 Å². The molecule has 0 aromatic heterocycles. The average Bonchev–Trinajstić information content (AvgIpc) is 1.85. The molecule has 3 nitrogen and oxygen atoms in total. The third kappa shape index (κ3) is 4.34. The van der Waals surface area contributed by atoms with Crippen molar-refractivity contribution in [3.05, 3.63) is 0 Å². The van der Waals surface area contributed by atoms with Crippen LogP contribution in [0.5, 0.6) is 0 Å². The van der Waals surface area contributed by atoms with Crippen LogP contribution >= 0.6 is 0 Å². The molecule has 0 spiro atoms. The van der Waals surface area contributed by atoms with Crippen molar-refractivity contribution in [3.8, 4) is 0 Å². The van der Waals surface area contributed by atoms with Crippen molar-refractivity contribution in [2.45, 2.75) is 52.1 Å². The Balaban J connectivity index is 3.96. The summed E-state index contributed by atoms with van der Waals surface area (Å²) in [5.41, 5.74) is 5.30. The van der Waals surface area contributed by atoms with Crippen LogP contribution in [-0.4, -0.2) is 17.5 Å². The minimum atomic E-state index is -0.416. The number of amides is 1. The fourth-order valence-corrected chi connectivity index (χ4v) is 1.13. The highest BCUT2D eigenvalue weighted by Gasteiger charge is 2.20. The van der Waals surface area contributed by atoms with Crippen LogP contribution in [0.3, 0.4) is 0 Å². The van der Waals surface area contributed by atoms with Gasteiger partial charge in [-0.15, -0.1) is 0 Å². The summed E-state index contributed by atoms with van der Waals surface area (Å²) in [4.78, 5) is 11.2. The molecule has 3 heteroatoms. The van der Waals surface area contributed by atoms with E-state index in [2.05, 4.69) is 12.2 Å². The van der Waals surface area contributed by atoms with Crippen LogP contribution in [0.4, 0.5) is 0 Å². The number of hydrogen-bond donors (Lipinski definition) is 2. The lowest BCUT2D eigenvalue weighted by Gasteiger charge is -2.26. The molecule has 0 saturated carbocycles. The highest BCUT2D eigenvalue weighted by molar-refractivity contribution is 5.81. The van der Waals surface area contributed by atoms with Crippen LogP contribution < -0.4 is 11.1 Å². The van der Waals surface area contributed by atoms with Crippen LogP contribution in [0.25, 0.3) is 0 Å². The Labute approximate surface area is 74.7 Å². The molecule has 0 rings (SSSR count). The highest BCUT2D eigenvalue weighted by atomic mass is 16.2. The molecule has 0 aromatic carbocycles. The van der Waals surface area contributed by atoms with E-state index in [9.17, 15) is 4.79 Å². The van der Waals surface area contributed by atoms with Crippen LogP contribution in [0.2, 0.25) is 0 Å². The first-order chi connectivity index (χ1) is 5.39. The van der Waals surface area contributed by atoms with E-state index in [-0.39, 0.29) is 11.4 Å². The van der Waals surface area contributed by atoms with Gasteiger partial charge in [-0.2, -0.15) is 0 Å². The minimum Gasteiger partial charge on any atom is -0.350 e. The standard InChI is InChI=1S/C9H20N2O/c1-5-6-9(3,4)11-8(12)7(2)10/h7H,5-6,10H2,1-4H3,(H,11,12). The molecular weight excluding hydrogens is 152 g/mol.